The van der Waals surface area contributed by atoms with Gasteiger partial charge in [-0.25, -0.2) is 0 Å². The molecule has 0 saturated carbocycles. The first-order valence-corrected chi connectivity index (χ1v) is 11.7. The molecule has 0 spiro atoms. The summed E-state index contributed by atoms with van der Waals surface area (Å²) < 4.78 is 12.2. The average molecular weight is 508 g/mol. The van der Waals surface area contributed by atoms with Crippen molar-refractivity contribution in [3.8, 4) is 0 Å². The monoisotopic (exact) mass is 508 g/mol. The molecule has 0 aromatic heterocycles. The van der Waals surface area contributed by atoms with Crippen LogP contribution < -0.4 is 4.46 Å². The molecule has 28 heavy (non-hydrogen) atoms. The van der Waals surface area contributed by atoms with Gasteiger partial charge in [0.15, 0.2) is 0 Å². The van der Waals surface area contributed by atoms with Gasteiger partial charge in [-0.2, -0.15) is 0 Å². The minimum atomic E-state index is -1.39. The molecule has 0 aliphatic heterocycles. The van der Waals surface area contributed by atoms with Crippen LogP contribution in [0.15, 0.2) is 65.1 Å². The number of ether oxygens (including phenoxy) is 2. The van der Waals surface area contributed by atoms with Gasteiger partial charge in [0.05, 0.1) is 0 Å². The van der Waals surface area contributed by atoms with Crippen molar-refractivity contribution < 1.29 is 19.1 Å². The zero-order valence-electron chi connectivity index (χ0n) is 15.7. The van der Waals surface area contributed by atoms with Gasteiger partial charge in [0, 0.05) is 0 Å². The molecule has 0 fully saturated rings. The Labute approximate surface area is 179 Å². The topological polar surface area (TPSA) is 52.6 Å². The first kappa shape index (κ1) is 20.8. The molecule has 6 heteroatoms. The fraction of sp³-hybridized carbons (Fsp3) is 0.273. The van der Waals surface area contributed by atoms with Crippen molar-refractivity contribution in [1.82, 2.24) is 0 Å². The van der Waals surface area contributed by atoms with Crippen molar-refractivity contribution in [2.24, 2.45) is 11.3 Å². The Bertz CT molecular complexity index is 861. The molecule has 2 aromatic rings. The predicted molar refractivity (Wildman–Crippen MR) is 113 cm³/mol. The van der Waals surface area contributed by atoms with Gasteiger partial charge in [0.2, 0.25) is 0 Å². The van der Waals surface area contributed by atoms with Crippen LogP contribution in [-0.4, -0.2) is 41.1 Å². The summed E-state index contributed by atoms with van der Waals surface area (Å²) in [7, 11) is 2.61. The second-order valence-corrected chi connectivity index (χ2v) is 9.80. The Balaban J connectivity index is 1.97. The number of benzene rings is 2. The van der Waals surface area contributed by atoms with E-state index >= 15 is 0 Å². The number of methoxy groups -OCH3 is 2. The van der Waals surface area contributed by atoms with E-state index in [-0.39, 0.29) is 20.9 Å². The number of hydrogen-bond donors (Lipinski definition) is 0. The van der Waals surface area contributed by atoms with Gasteiger partial charge in [0.25, 0.3) is 0 Å². The average Bonchev–Trinajstić information content (AvgIpc) is 3.13. The van der Waals surface area contributed by atoms with Crippen LogP contribution in [0.1, 0.15) is 12.0 Å². The number of rotatable bonds is 6. The maximum absolute atomic E-state index is 12.6. The van der Waals surface area contributed by atoms with Gasteiger partial charge in [-0.1, -0.05) is 0 Å². The maximum atomic E-state index is 12.6. The number of carbonyl (C=O) groups excluding carboxylic acids is 2. The van der Waals surface area contributed by atoms with Crippen molar-refractivity contribution in [3.05, 3.63) is 70.7 Å². The molecule has 2 aromatic carbocycles. The molecule has 1 unspecified atom stereocenters. The molecule has 0 bridgehead atoms. The minimum absolute atomic E-state index is 0.0691. The number of halogens is 1. The normalized spacial score (nSPS) is 17.7. The molecular formula is C22H21BrO4Se. The van der Waals surface area contributed by atoms with E-state index < -0.39 is 17.4 Å². The third-order valence-corrected chi connectivity index (χ3v) is 7.87. The second-order valence-electron chi connectivity index (χ2n) is 6.59. The summed E-state index contributed by atoms with van der Waals surface area (Å²) in [6.07, 6.45) is 2.13. The molecule has 1 atom stereocenters. The Morgan fingerprint density at radius 3 is 2.21 bits per heavy atom. The number of allylic oxidation sites excluding steroid dienone is 1. The third kappa shape index (κ3) is 4.24. The predicted octanol–water partition coefficient (Wildman–Crippen LogP) is 3.63. The van der Waals surface area contributed by atoms with Crippen LogP contribution in [0.25, 0.3) is 5.57 Å². The van der Waals surface area contributed by atoms with Crippen molar-refractivity contribution >= 4 is 52.9 Å². The molecule has 0 amide bonds. The van der Waals surface area contributed by atoms with Crippen LogP contribution in [0, 0.1) is 11.3 Å². The Kier molecular flexibility index (Phi) is 6.76. The summed E-state index contributed by atoms with van der Waals surface area (Å²) in [5.41, 5.74) is 0.622. The van der Waals surface area contributed by atoms with E-state index in [2.05, 4.69) is 28.1 Å². The molecule has 0 heterocycles. The molecule has 3 rings (SSSR count). The molecule has 4 nitrogen and oxygen atoms in total. The van der Waals surface area contributed by atoms with Gasteiger partial charge in [0.1, 0.15) is 0 Å². The van der Waals surface area contributed by atoms with E-state index in [1.165, 1.54) is 18.7 Å². The van der Waals surface area contributed by atoms with Gasteiger partial charge in [-0.15, -0.1) is 0 Å². The molecule has 0 N–H and O–H groups in total. The van der Waals surface area contributed by atoms with Crippen LogP contribution in [0.2, 0.25) is 5.32 Å². The van der Waals surface area contributed by atoms with E-state index in [0.717, 1.165) is 20.9 Å². The fourth-order valence-electron chi connectivity index (χ4n) is 3.50. The number of carbonyl (C=O) groups is 2. The van der Waals surface area contributed by atoms with E-state index in [0.29, 0.717) is 6.42 Å². The van der Waals surface area contributed by atoms with Gasteiger partial charge in [-0.05, 0) is 0 Å². The molecular weight excluding hydrogens is 487 g/mol. The third-order valence-electron chi connectivity index (χ3n) is 4.88. The standard InChI is InChI=1S/C22H21BrO4Se/c1-26-20(24)22(21(25)27-2)12-16(14-28-18-6-4-3-5-7-18)19(13-22)15-8-10-17(23)11-9-15/h3-11,13,16H,12,14H2,1-2H3. The van der Waals surface area contributed by atoms with E-state index in [9.17, 15) is 9.59 Å². The summed E-state index contributed by atoms with van der Waals surface area (Å²) in [5.74, 6) is -1.06. The first-order chi connectivity index (χ1) is 13.5. The van der Waals surface area contributed by atoms with Crippen LogP contribution in [0.5, 0.6) is 0 Å². The van der Waals surface area contributed by atoms with E-state index in [1.54, 1.807) is 6.08 Å². The number of esters is 2. The number of hydrogen-bond acceptors (Lipinski definition) is 4. The summed E-state index contributed by atoms with van der Waals surface area (Å²) in [6.45, 7) is 0. The SMILES string of the molecule is COC(=O)C1(C(=O)OC)C=C(c2ccc(Br)cc2)C(C[Se]c2ccccc2)C1. The van der Waals surface area contributed by atoms with E-state index in [4.69, 9.17) is 9.47 Å². The zero-order chi connectivity index (χ0) is 20.1. The quantitative estimate of drug-likeness (QED) is 0.340. The summed E-state index contributed by atoms with van der Waals surface area (Å²) >= 11 is 3.68. The van der Waals surface area contributed by atoms with Gasteiger partial charge in [-0.3, -0.25) is 0 Å². The second kappa shape index (κ2) is 9.08. The summed E-state index contributed by atoms with van der Waals surface area (Å²) in [6, 6.07) is 18.2. The van der Waals surface area contributed by atoms with Crippen molar-refractivity contribution in [3.63, 3.8) is 0 Å². The van der Waals surface area contributed by atoms with Crippen molar-refractivity contribution in [2.45, 2.75) is 11.7 Å². The van der Waals surface area contributed by atoms with E-state index in [1.807, 2.05) is 42.5 Å². The van der Waals surface area contributed by atoms with Crippen LogP contribution in [0.3, 0.4) is 0 Å². The molecule has 146 valence electrons. The van der Waals surface area contributed by atoms with Crippen LogP contribution in [-0.2, 0) is 19.1 Å². The summed E-state index contributed by atoms with van der Waals surface area (Å²) in [5, 5.41) is 0.884. The Hall–Kier alpha value is -1.88. The summed E-state index contributed by atoms with van der Waals surface area (Å²) in [4.78, 5) is 25.2. The van der Waals surface area contributed by atoms with Gasteiger partial charge >= 0.3 is 180 Å². The van der Waals surface area contributed by atoms with Crippen LogP contribution >= 0.6 is 15.9 Å². The fourth-order valence-corrected chi connectivity index (χ4v) is 5.94. The van der Waals surface area contributed by atoms with Crippen molar-refractivity contribution in [2.75, 3.05) is 14.2 Å². The Morgan fingerprint density at radius 1 is 1.04 bits per heavy atom. The molecule has 1 aliphatic rings. The zero-order valence-corrected chi connectivity index (χ0v) is 19.0. The first-order valence-electron chi connectivity index (χ1n) is 8.83. The Morgan fingerprint density at radius 2 is 1.64 bits per heavy atom. The van der Waals surface area contributed by atoms with Crippen molar-refractivity contribution in [1.29, 1.82) is 0 Å². The van der Waals surface area contributed by atoms with Gasteiger partial charge < -0.3 is 0 Å². The molecule has 0 saturated heterocycles. The molecule has 1 aliphatic carbocycles. The van der Waals surface area contributed by atoms with Crippen LogP contribution in [0.4, 0.5) is 0 Å². The molecule has 0 radical (unpaired) electrons.